The molecule has 2 aliphatic heterocycles. The predicted molar refractivity (Wildman–Crippen MR) is 97.5 cm³/mol. The van der Waals surface area contributed by atoms with E-state index >= 15 is 0 Å². The molecule has 2 fully saturated rings. The van der Waals surface area contributed by atoms with E-state index in [4.69, 9.17) is 4.74 Å². The number of carbonyl (C=O) groups is 1. The molecule has 3 rings (SSSR count). The summed E-state index contributed by atoms with van der Waals surface area (Å²) in [6, 6.07) is 4.15. The van der Waals surface area contributed by atoms with Crippen LogP contribution < -0.4 is 5.32 Å². The summed E-state index contributed by atoms with van der Waals surface area (Å²) >= 11 is 1.73. The van der Waals surface area contributed by atoms with E-state index in [1.54, 1.807) is 11.3 Å². The van der Waals surface area contributed by atoms with Gasteiger partial charge in [0, 0.05) is 36.5 Å². The molecule has 5 nitrogen and oxygen atoms in total. The minimum Gasteiger partial charge on any atom is -0.379 e. The Bertz CT molecular complexity index is 506. The average molecular weight is 352 g/mol. The summed E-state index contributed by atoms with van der Waals surface area (Å²) < 4.78 is 5.52. The van der Waals surface area contributed by atoms with Crippen molar-refractivity contribution >= 4 is 17.2 Å². The molecule has 1 aromatic rings. The van der Waals surface area contributed by atoms with E-state index in [9.17, 15) is 4.79 Å². The van der Waals surface area contributed by atoms with E-state index in [0.717, 1.165) is 65.2 Å². The fourth-order valence-electron chi connectivity index (χ4n) is 3.72. The summed E-state index contributed by atoms with van der Waals surface area (Å²) in [4.78, 5) is 18.5. The van der Waals surface area contributed by atoms with Gasteiger partial charge < -0.3 is 15.0 Å². The number of likely N-dealkylation sites (tertiary alicyclic amines) is 1. The van der Waals surface area contributed by atoms with Gasteiger partial charge in [0.05, 0.1) is 13.2 Å². The first kappa shape index (κ1) is 17.9. The molecular formula is C18H29N3O2S. The molecule has 0 saturated carbocycles. The van der Waals surface area contributed by atoms with Crippen LogP contribution in [0.4, 0.5) is 0 Å². The molecule has 134 valence electrons. The lowest BCUT2D eigenvalue weighted by molar-refractivity contribution is -0.122. The van der Waals surface area contributed by atoms with Gasteiger partial charge in [0.2, 0.25) is 5.91 Å². The maximum atomic E-state index is 12.3. The van der Waals surface area contributed by atoms with Gasteiger partial charge >= 0.3 is 0 Å². The highest BCUT2D eigenvalue weighted by Crippen LogP contribution is 2.29. The number of piperidine rings is 1. The Kier molecular flexibility index (Phi) is 6.27. The Morgan fingerprint density at radius 2 is 2.04 bits per heavy atom. The van der Waals surface area contributed by atoms with Gasteiger partial charge in [0.1, 0.15) is 0 Å². The van der Waals surface area contributed by atoms with Crippen LogP contribution in [-0.2, 0) is 16.0 Å². The van der Waals surface area contributed by atoms with Crippen molar-refractivity contribution in [3.63, 3.8) is 0 Å². The lowest BCUT2D eigenvalue weighted by Crippen LogP contribution is -2.62. The molecule has 24 heavy (non-hydrogen) atoms. The summed E-state index contributed by atoms with van der Waals surface area (Å²) in [5.41, 5.74) is 0.106. The lowest BCUT2D eigenvalue weighted by Gasteiger charge is -2.49. The number of aryl methyl sites for hydroxylation is 1. The quantitative estimate of drug-likeness (QED) is 0.845. The van der Waals surface area contributed by atoms with Crippen LogP contribution in [0.1, 0.15) is 24.1 Å². The number of morpholine rings is 1. The van der Waals surface area contributed by atoms with E-state index in [2.05, 4.69) is 33.6 Å². The third-order valence-electron chi connectivity index (χ3n) is 5.39. The Balaban J connectivity index is 1.54. The van der Waals surface area contributed by atoms with E-state index in [0.29, 0.717) is 6.42 Å². The summed E-state index contributed by atoms with van der Waals surface area (Å²) in [5.74, 6) is 0.176. The van der Waals surface area contributed by atoms with Gasteiger partial charge in [0.15, 0.2) is 0 Å². The van der Waals surface area contributed by atoms with Crippen molar-refractivity contribution in [3.8, 4) is 0 Å². The van der Waals surface area contributed by atoms with Crippen molar-refractivity contribution in [2.45, 2.75) is 31.2 Å². The molecule has 0 radical (unpaired) electrons. The topological polar surface area (TPSA) is 44.8 Å². The van der Waals surface area contributed by atoms with Gasteiger partial charge in [-0.15, -0.1) is 11.3 Å². The van der Waals surface area contributed by atoms with Gasteiger partial charge in [-0.25, -0.2) is 0 Å². The number of nitrogens with one attached hydrogen (secondary N) is 1. The largest absolute Gasteiger partial charge is 0.379 e. The highest BCUT2D eigenvalue weighted by Gasteiger charge is 2.39. The van der Waals surface area contributed by atoms with Gasteiger partial charge in [0.25, 0.3) is 0 Å². The fourth-order valence-corrected chi connectivity index (χ4v) is 4.43. The van der Waals surface area contributed by atoms with Crippen molar-refractivity contribution in [1.82, 2.24) is 15.1 Å². The zero-order valence-electron chi connectivity index (χ0n) is 14.6. The lowest BCUT2D eigenvalue weighted by atomic mass is 9.85. The van der Waals surface area contributed by atoms with Crippen LogP contribution in [0.5, 0.6) is 0 Å². The first-order valence-electron chi connectivity index (χ1n) is 8.98. The second kappa shape index (κ2) is 8.43. The van der Waals surface area contributed by atoms with Crippen molar-refractivity contribution in [1.29, 1.82) is 0 Å². The molecule has 3 heterocycles. The first-order valence-corrected chi connectivity index (χ1v) is 9.86. The molecule has 0 spiro atoms. The van der Waals surface area contributed by atoms with Crippen LogP contribution >= 0.6 is 11.3 Å². The van der Waals surface area contributed by atoms with Crippen molar-refractivity contribution < 1.29 is 9.53 Å². The standard InChI is InChI=1S/C18H29N3O2S/c1-20-8-6-18(7-9-20,21-10-12-23-13-11-21)15-19-17(22)5-4-16-3-2-14-24-16/h2-3,14H,4-13,15H2,1H3,(H,19,22). The number of hydrogen-bond acceptors (Lipinski definition) is 5. The highest BCUT2D eigenvalue weighted by atomic mass is 32.1. The predicted octanol–water partition coefficient (Wildman–Crippen LogP) is 1.59. The Hall–Kier alpha value is -0.950. The third-order valence-corrected chi connectivity index (χ3v) is 6.33. The molecule has 2 saturated heterocycles. The Morgan fingerprint density at radius 1 is 1.29 bits per heavy atom. The number of thiophene rings is 1. The molecule has 1 aromatic heterocycles. The normalized spacial score (nSPS) is 22.4. The smallest absolute Gasteiger partial charge is 0.220 e. The number of nitrogens with zero attached hydrogens (tertiary/aromatic N) is 2. The number of rotatable bonds is 6. The number of amides is 1. The third kappa shape index (κ3) is 4.57. The molecule has 0 unspecified atom stereocenters. The summed E-state index contributed by atoms with van der Waals surface area (Å²) in [6.07, 6.45) is 3.67. The van der Waals surface area contributed by atoms with Crippen LogP contribution in [0, 0.1) is 0 Å². The van der Waals surface area contributed by atoms with Crippen LogP contribution in [0.2, 0.25) is 0 Å². The molecule has 2 aliphatic rings. The minimum atomic E-state index is 0.106. The van der Waals surface area contributed by atoms with Gasteiger partial charge in [-0.3, -0.25) is 9.69 Å². The molecule has 6 heteroatoms. The average Bonchev–Trinajstić information content (AvgIpc) is 3.14. The van der Waals surface area contributed by atoms with Crippen LogP contribution in [0.15, 0.2) is 17.5 Å². The molecule has 0 atom stereocenters. The van der Waals surface area contributed by atoms with Crippen LogP contribution in [-0.4, -0.2) is 74.2 Å². The van der Waals surface area contributed by atoms with Crippen molar-refractivity contribution in [2.75, 3.05) is 53.0 Å². The molecule has 1 N–H and O–H groups in total. The zero-order valence-corrected chi connectivity index (χ0v) is 15.4. The SMILES string of the molecule is CN1CCC(CNC(=O)CCc2cccs2)(N2CCOCC2)CC1. The Morgan fingerprint density at radius 3 is 2.71 bits per heavy atom. The van der Waals surface area contributed by atoms with E-state index in [1.165, 1.54) is 4.88 Å². The van der Waals surface area contributed by atoms with Gasteiger partial charge in [-0.1, -0.05) is 6.07 Å². The van der Waals surface area contributed by atoms with Gasteiger partial charge in [-0.2, -0.15) is 0 Å². The molecule has 0 bridgehead atoms. The zero-order chi connectivity index (χ0) is 16.8. The summed E-state index contributed by atoms with van der Waals surface area (Å²) in [7, 11) is 2.18. The molecular weight excluding hydrogens is 322 g/mol. The monoisotopic (exact) mass is 351 g/mol. The molecule has 0 aromatic carbocycles. The fraction of sp³-hybridized carbons (Fsp3) is 0.722. The van der Waals surface area contributed by atoms with Gasteiger partial charge in [-0.05, 0) is 50.8 Å². The highest BCUT2D eigenvalue weighted by molar-refractivity contribution is 7.09. The first-order chi connectivity index (χ1) is 11.7. The molecule has 1 amide bonds. The minimum absolute atomic E-state index is 0.106. The Labute approximate surface area is 149 Å². The summed E-state index contributed by atoms with van der Waals surface area (Å²) in [6.45, 7) is 6.55. The van der Waals surface area contributed by atoms with Crippen LogP contribution in [0.25, 0.3) is 0 Å². The second-order valence-electron chi connectivity index (χ2n) is 6.98. The van der Waals surface area contributed by atoms with Crippen molar-refractivity contribution in [3.05, 3.63) is 22.4 Å². The summed E-state index contributed by atoms with van der Waals surface area (Å²) in [5, 5.41) is 5.30. The van der Waals surface area contributed by atoms with Crippen molar-refractivity contribution in [2.24, 2.45) is 0 Å². The van der Waals surface area contributed by atoms with E-state index in [-0.39, 0.29) is 11.4 Å². The maximum absolute atomic E-state index is 12.3. The molecule has 0 aliphatic carbocycles. The number of ether oxygens (including phenoxy) is 1. The van der Waals surface area contributed by atoms with Crippen LogP contribution in [0.3, 0.4) is 0 Å². The van der Waals surface area contributed by atoms with E-state index < -0.39 is 0 Å². The van der Waals surface area contributed by atoms with E-state index in [1.807, 2.05) is 6.07 Å². The second-order valence-corrected chi connectivity index (χ2v) is 8.02. The maximum Gasteiger partial charge on any atom is 0.220 e. The number of hydrogen-bond donors (Lipinski definition) is 1. The number of carbonyl (C=O) groups excluding carboxylic acids is 1.